The molecule has 0 fully saturated rings. The Morgan fingerprint density at radius 3 is 2.17 bits per heavy atom. The van der Waals surface area contributed by atoms with Crippen molar-refractivity contribution in [1.82, 2.24) is 10.6 Å². The minimum atomic E-state index is -0.863. The Kier molecular flexibility index (Phi) is 12.3. The van der Waals surface area contributed by atoms with E-state index in [0.29, 0.717) is 13.1 Å². The predicted octanol–water partition coefficient (Wildman–Crippen LogP) is 3.20. The number of amides is 2. The zero-order chi connectivity index (χ0) is 23.4. The van der Waals surface area contributed by atoms with Gasteiger partial charge >= 0.3 is 12.1 Å². The van der Waals surface area contributed by atoms with Crippen molar-refractivity contribution < 1.29 is 28.6 Å². The molecule has 0 aliphatic rings. The third-order valence-electron chi connectivity index (χ3n) is 4.39. The molecule has 0 saturated carbocycles. The number of rotatable bonds is 14. The zero-order valence-electron chi connectivity index (χ0n) is 19.6. The van der Waals surface area contributed by atoms with Crippen molar-refractivity contribution in [2.75, 3.05) is 26.3 Å². The summed E-state index contributed by atoms with van der Waals surface area (Å²) in [6, 6.07) is 0. The van der Waals surface area contributed by atoms with Crippen molar-refractivity contribution in [1.29, 1.82) is 0 Å². The third kappa shape index (κ3) is 13.2. The summed E-state index contributed by atoms with van der Waals surface area (Å²) in [5.74, 6) is -0.406. The van der Waals surface area contributed by atoms with Crippen LogP contribution in [0.25, 0.3) is 0 Å². The van der Waals surface area contributed by atoms with Gasteiger partial charge in [0.25, 0.3) is 5.91 Å². The van der Waals surface area contributed by atoms with Crippen molar-refractivity contribution in [2.45, 2.75) is 73.0 Å². The van der Waals surface area contributed by atoms with Gasteiger partial charge in [0.05, 0.1) is 6.10 Å². The van der Waals surface area contributed by atoms with Crippen LogP contribution in [0.2, 0.25) is 0 Å². The summed E-state index contributed by atoms with van der Waals surface area (Å²) in [5, 5.41) is 5.66. The van der Waals surface area contributed by atoms with Crippen LogP contribution >= 0.6 is 0 Å². The molecule has 0 heterocycles. The first-order chi connectivity index (χ1) is 13.8. The SMILES string of the molecule is C=CC(=O)OCCOC(=O)NCCC(C)(C)CC(C)CNC(=O)C(C)(C)OC(C)C. The number of carbonyl (C=O) groups is 3. The lowest BCUT2D eigenvalue weighted by molar-refractivity contribution is -0.147. The monoisotopic (exact) mass is 428 g/mol. The number of ether oxygens (including phenoxy) is 3. The number of hydrogen-bond acceptors (Lipinski definition) is 6. The number of carbonyl (C=O) groups excluding carboxylic acids is 3. The minimum absolute atomic E-state index is 0.00792. The maximum absolute atomic E-state index is 12.3. The van der Waals surface area contributed by atoms with Crippen LogP contribution in [0, 0.1) is 11.3 Å². The van der Waals surface area contributed by atoms with E-state index in [1.807, 2.05) is 13.8 Å². The molecule has 0 bridgehead atoms. The lowest BCUT2D eigenvalue weighted by Gasteiger charge is -2.30. The summed E-state index contributed by atoms with van der Waals surface area (Å²) in [6.45, 7) is 18.0. The van der Waals surface area contributed by atoms with Crippen molar-refractivity contribution in [3.63, 3.8) is 0 Å². The first kappa shape index (κ1) is 27.9. The molecule has 8 heteroatoms. The largest absolute Gasteiger partial charge is 0.459 e. The molecule has 0 rings (SSSR count). The Hall–Kier alpha value is -2.09. The van der Waals surface area contributed by atoms with Crippen LogP contribution in [0.4, 0.5) is 4.79 Å². The first-order valence-electron chi connectivity index (χ1n) is 10.4. The molecule has 0 aliphatic heterocycles. The van der Waals surface area contributed by atoms with Crippen molar-refractivity contribution in [3.05, 3.63) is 12.7 Å². The molecule has 8 nitrogen and oxygen atoms in total. The molecule has 0 spiro atoms. The molecule has 2 N–H and O–H groups in total. The van der Waals surface area contributed by atoms with Crippen LogP contribution in [0.5, 0.6) is 0 Å². The molecule has 0 saturated heterocycles. The van der Waals surface area contributed by atoms with Gasteiger partial charge in [0.2, 0.25) is 0 Å². The van der Waals surface area contributed by atoms with E-state index in [4.69, 9.17) is 14.2 Å². The molecule has 0 aliphatic carbocycles. The molecule has 1 unspecified atom stereocenters. The van der Waals surface area contributed by atoms with Crippen LogP contribution < -0.4 is 10.6 Å². The standard InChI is InChI=1S/C22H40N2O6/c1-9-18(25)28-12-13-29-20(27)23-11-10-21(5,6)14-17(4)15-24-19(26)22(7,8)30-16(2)3/h9,16-17H,1,10-15H2,2-8H3,(H,23,27)(H,24,26). The normalized spacial score (nSPS) is 12.8. The van der Waals surface area contributed by atoms with Gasteiger partial charge in [-0.15, -0.1) is 0 Å². The average molecular weight is 429 g/mol. The van der Waals surface area contributed by atoms with Gasteiger partial charge in [-0.05, 0) is 51.9 Å². The van der Waals surface area contributed by atoms with E-state index in [2.05, 4.69) is 38.0 Å². The first-order valence-corrected chi connectivity index (χ1v) is 10.4. The van der Waals surface area contributed by atoms with Gasteiger partial charge in [-0.2, -0.15) is 0 Å². The van der Waals surface area contributed by atoms with Crippen LogP contribution in [0.1, 0.15) is 61.3 Å². The van der Waals surface area contributed by atoms with Crippen LogP contribution in [0.15, 0.2) is 12.7 Å². The number of nitrogens with one attached hydrogen (secondary N) is 2. The summed E-state index contributed by atoms with van der Waals surface area (Å²) in [7, 11) is 0. The van der Waals surface area contributed by atoms with Gasteiger partial charge in [-0.25, -0.2) is 9.59 Å². The molecule has 0 aromatic rings. The number of alkyl carbamates (subject to hydrolysis) is 1. The second-order valence-electron chi connectivity index (χ2n) is 9.04. The molecule has 0 aromatic heterocycles. The van der Waals surface area contributed by atoms with Gasteiger partial charge < -0.3 is 24.8 Å². The van der Waals surface area contributed by atoms with Gasteiger partial charge in [0.1, 0.15) is 18.8 Å². The highest BCUT2D eigenvalue weighted by Crippen LogP contribution is 2.28. The van der Waals surface area contributed by atoms with Gasteiger partial charge in [-0.3, -0.25) is 4.79 Å². The second kappa shape index (κ2) is 13.3. The van der Waals surface area contributed by atoms with Gasteiger partial charge in [-0.1, -0.05) is 27.4 Å². The van der Waals surface area contributed by atoms with Crippen LogP contribution in [-0.4, -0.2) is 56.0 Å². The highest BCUT2D eigenvalue weighted by molar-refractivity contribution is 5.84. The van der Waals surface area contributed by atoms with Gasteiger partial charge in [0, 0.05) is 19.2 Å². The molecule has 174 valence electrons. The zero-order valence-corrected chi connectivity index (χ0v) is 19.6. The lowest BCUT2D eigenvalue weighted by atomic mass is 9.80. The Morgan fingerprint density at radius 1 is 1.00 bits per heavy atom. The molecule has 0 aromatic carbocycles. The fourth-order valence-corrected chi connectivity index (χ4v) is 3.13. The Morgan fingerprint density at radius 2 is 1.60 bits per heavy atom. The minimum Gasteiger partial charge on any atom is -0.459 e. The maximum Gasteiger partial charge on any atom is 0.407 e. The fraction of sp³-hybridized carbons (Fsp3) is 0.773. The van der Waals surface area contributed by atoms with E-state index in [0.717, 1.165) is 18.9 Å². The van der Waals surface area contributed by atoms with Crippen molar-refractivity contribution in [2.24, 2.45) is 11.3 Å². The maximum atomic E-state index is 12.3. The topological polar surface area (TPSA) is 103 Å². The smallest absolute Gasteiger partial charge is 0.407 e. The van der Waals surface area contributed by atoms with E-state index in [9.17, 15) is 14.4 Å². The predicted molar refractivity (Wildman–Crippen MR) is 116 cm³/mol. The number of esters is 1. The third-order valence-corrected chi connectivity index (χ3v) is 4.39. The van der Waals surface area contributed by atoms with E-state index in [1.165, 1.54) is 0 Å². The highest BCUT2D eigenvalue weighted by atomic mass is 16.6. The van der Waals surface area contributed by atoms with E-state index in [-0.39, 0.29) is 36.6 Å². The lowest BCUT2D eigenvalue weighted by Crippen LogP contribution is -2.47. The summed E-state index contributed by atoms with van der Waals surface area (Å²) in [6.07, 6.45) is 2.12. The van der Waals surface area contributed by atoms with Crippen molar-refractivity contribution >= 4 is 18.0 Å². The Labute approximate surface area is 181 Å². The summed E-state index contributed by atoms with van der Waals surface area (Å²) in [4.78, 5) is 34.9. The van der Waals surface area contributed by atoms with Crippen LogP contribution in [-0.2, 0) is 23.8 Å². The molecule has 1 atom stereocenters. The van der Waals surface area contributed by atoms with E-state index < -0.39 is 17.7 Å². The molecular weight excluding hydrogens is 388 g/mol. The average Bonchev–Trinajstić information content (AvgIpc) is 2.61. The van der Waals surface area contributed by atoms with Crippen molar-refractivity contribution in [3.8, 4) is 0 Å². The Balaban J connectivity index is 4.15. The summed E-state index contributed by atoms with van der Waals surface area (Å²) < 4.78 is 15.3. The summed E-state index contributed by atoms with van der Waals surface area (Å²) in [5.41, 5.74) is -0.890. The molecule has 30 heavy (non-hydrogen) atoms. The van der Waals surface area contributed by atoms with Gasteiger partial charge in [0.15, 0.2) is 0 Å². The summed E-state index contributed by atoms with van der Waals surface area (Å²) >= 11 is 0. The highest BCUT2D eigenvalue weighted by Gasteiger charge is 2.30. The van der Waals surface area contributed by atoms with Crippen LogP contribution in [0.3, 0.4) is 0 Å². The van der Waals surface area contributed by atoms with E-state index in [1.54, 1.807) is 13.8 Å². The van der Waals surface area contributed by atoms with E-state index >= 15 is 0 Å². The Bertz CT molecular complexity index is 572. The number of hydrogen-bond donors (Lipinski definition) is 2. The fourth-order valence-electron chi connectivity index (χ4n) is 3.13. The molecular formula is C22H40N2O6. The quantitative estimate of drug-likeness (QED) is 0.250. The molecule has 2 amide bonds. The second-order valence-corrected chi connectivity index (χ2v) is 9.04. The molecule has 0 radical (unpaired) electrons.